The average Bonchev–Trinajstić information content (AvgIpc) is 2.52. The van der Waals surface area contributed by atoms with Crippen molar-refractivity contribution < 1.29 is 18.0 Å². The molecule has 2 rings (SSSR count). The second kappa shape index (κ2) is 8.32. The fourth-order valence-corrected chi connectivity index (χ4v) is 5.23. The summed E-state index contributed by atoms with van der Waals surface area (Å²) >= 11 is 0. The summed E-state index contributed by atoms with van der Waals surface area (Å²) in [4.78, 5) is 17.1. The van der Waals surface area contributed by atoms with Crippen LogP contribution in [0.15, 0.2) is 30.3 Å². The third-order valence-electron chi connectivity index (χ3n) is 4.32. The van der Waals surface area contributed by atoms with Gasteiger partial charge in [-0.2, -0.15) is 0 Å². The summed E-state index contributed by atoms with van der Waals surface area (Å²) in [7, 11) is -3.17. The van der Waals surface area contributed by atoms with Crippen molar-refractivity contribution in [1.29, 1.82) is 0 Å². The van der Waals surface area contributed by atoms with Gasteiger partial charge < -0.3 is 0 Å². The van der Waals surface area contributed by atoms with Gasteiger partial charge in [-0.1, -0.05) is 36.8 Å². The smallest absolute Gasteiger partial charge is 0.233 e. The van der Waals surface area contributed by atoms with Gasteiger partial charge in [0, 0.05) is 0 Å². The van der Waals surface area contributed by atoms with Crippen molar-refractivity contribution in [2.45, 2.75) is 63.9 Å². The molecule has 0 N–H and O–H groups in total. The number of sulfone groups is 1. The van der Waals surface area contributed by atoms with Gasteiger partial charge in [0.25, 0.3) is 0 Å². The zero-order valence-electron chi connectivity index (χ0n) is 15.3. The fourth-order valence-electron chi connectivity index (χ4n) is 3.39. The maximum absolute atomic E-state index is 12.5. The van der Waals surface area contributed by atoms with Gasteiger partial charge in [-0.05, 0) is 51.5 Å². The molecule has 25 heavy (non-hydrogen) atoms. The topological polar surface area (TPSA) is 63.7 Å². The number of hydrogen-bond donors (Lipinski definition) is 0. The molecule has 0 spiro atoms. The standard InChI is InChI=1S/C19H29NO4S/c1-19(2,3)24-20(15-21)18-11-7-10-17(12-18)14-25(22,23)13-16-8-5-4-6-9-16/h4-6,8-9,15,17-18H,7,10-14H2,1-3H3. The van der Waals surface area contributed by atoms with Crippen LogP contribution in [-0.4, -0.2) is 37.3 Å². The van der Waals surface area contributed by atoms with Crippen LogP contribution in [0.1, 0.15) is 52.0 Å². The quantitative estimate of drug-likeness (QED) is 0.548. The van der Waals surface area contributed by atoms with Crippen LogP contribution in [0.2, 0.25) is 0 Å². The first-order chi connectivity index (χ1) is 11.7. The monoisotopic (exact) mass is 367 g/mol. The Morgan fingerprint density at radius 2 is 1.88 bits per heavy atom. The summed E-state index contributed by atoms with van der Waals surface area (Å²) in [5.41, 5.74) is 0.369. The Morgan fingerprint density at radius 3 is 2.48 bits per heavy atom. The van der Waals surface area contributed by atoms with Crippen LogP contribution in [0.3, 0.4) is 0 Å². The molecule has 1 aliphatic rings. The molecule has 0 aliphatic heterocycles. The fraction of sp³-hybridized carbons (Fsp3) is 0.632. The zero-order valence-corrected chi connectivity index (χ0v) is 16.2. The minimum absolute atomic E-state index is 0.0533. The minimum atomic E-state index is -3.17. The van der Waals surface area contributed by atoms with Crippen LogP contribution in [0.4, 0.5) is 0 Å². The van der Waals surface area contributed by atoms with E-state index >= 15 is 0 Å². The maximum Gasteiger partial charge on any atom is 0.233 e. The molecule has 1 fully saturated rings. The van der Waals surface area contributed by atoms with E-state index in [1.807, 2.05) is 51.1 Å². The van der Waals surface area contributed by atoms with Crippen LogP contribution in [0.25, 0.3) is 0 Å². The number of carbonyl (C=O) groups excluding carboxylic acids is 1. The van der Waals surface area contributed by atoms with Gasteiger partial charge in [0.05, 0.1) is 23.1 Å². The molecule has 1 amide bonds. The molecule has 2 atom stereocenters. The summed E-state index contributed by atoms with van der Waals surface area (Å²) in [6, 6.07) is 9.22. The van der Waals surface area contributed by atoms with E-state index in [2.05, 4.69) is 0 Å². The van der Waals surface area contributed by atoms with Crippen molar-refractivity contribution in [3.8, 4) is 0 Å². The Morgan fingerprint density at radius 1 is 1.20 bits per heavy atom. The number of benzene rings is 1. The first-order valence-electron chi connectivity index (χ1n) is 8.85. The van der Waals surface area contributed by atoms with Crippen LogP contribution in [0, 0.1) is 5.92 Å². The van der Waals surface area contributed by atoms with E-state index in [0.717, 1.165) is 31.2 Å². The SMILES string of the molecule is CC(C)(C)ON(C=O)C1CCCC(CS(=O)(=O)Cc2ccccc2)C1. The molecular weight excluding hydrogens is 338 g/mol. The van der Waals surface area contributed by atoms with Crippen molar-refractivity contribution in [3.63, 3.8) is 0 Å². The van der Waals surface area contributed by atoms with Gasteiger partial charge in [-0.25, -0.2) is 13.5 Å². The molecule has 0 saturated heterocycles. The molecule has 140 valence electrons. The Balaban J connectivity index is 1.97. The molecule has 0 aromatic heterocycles. The number of rotatable bonds is 7. The Bertz CT molecular complexity index is 652. The molecule has 0 heterocycles. The highest BCUT2D eigenvalue weighted by Crippen LogP contribution is 2.30. The number of carbonyl (C=O) groups is 1. The van der Waals surface area contributed by atoms with Crippen molar-refractivity contribution in [2.75, 3.05) is 5.75 Å². The van der Waals surface area contributed by atoms with E-state index < -0.39 is 15.4 Å². The highest BCUT2D eigenvalue weighted by molar-refractivity contribution is 7.90. The normalized spacial score (nSPS) is 21.7. The number of hydrogen-bond acceptors (Lipinski definition) is 4. The second-order valence-electron chi connectivity index (χ2n) is 7.90. The van der Waals surface area contributed by atoms with Gasteiger partial charge in [-0.15, -0.1) is 0 Å². The van der Waals surface area contributed by atoms with Gasteiger partial charge in [0.15, 0.2) is 9.84 Å². The molecular formula is C19H29NO4S. The van der Waals surface area contributed by atoms with Gasteiger partial charge >= 0.3 is 0 Å². The van der Waals surface area contributed by atoms with Crippen molar-refractivity contribution in [3.05, 3.63) is 35.9 Å². The summed E-state index contributed by atoms with van der Waals surface area (Å²) in [6.07, 6.45) is 4.03. The van der Waals surface area contributed by atoms with E-state index in [-0.39, 0.29) is 23.5 Å². The molecule has 0 bridgehead atoms. The third-order valence-corrected chi connectivity index (χ3v) is 6.07. The lowest BCUT2D eigenvalue weighted by molar-refractivity contribution is -0.236. The molecule has 1 saturated carbocycles. The molecule has 6 heteroatoms. The first-order valence-corrected chi connectivity index (χ1v) is 10.7. The lowest BCUT2D eigenvalue weighted by Gasteiger charge is -2.37. The first kappa shape index (κ1) is 19.9. The summed E-state index contributed by atoms with van der Waals surface area (Å²) in [6.45, 7) is 5.69. The van der Waals surface area contributed by atoms with E-state index in [0.29, 0.717) is 6.42 Å². The van der Waals surface area contributed by atoms with E-state index in [1.165, 1.54) is 5.06 Å². The number of nitrogens with zero attached hydrogens (tertiary/aromatic N) is 1. The molecule has 0 radical (unpaired) electrons. The van der Waals surface area contributed by atoms with Crippen LogP contribution < -0.4 is 0 Å². The largest absolute Gasteiger partial charge is 0.276 e. The predicted molar refractivity (Wildman–Crippen MR) is 98.4 cm³/mol. The Labute approximate surface area is 151 Å². The van der Waals surface area contributed by atoms with E-state index in [1.54, 1.807) is 0 Å². The summed E-state index contributed by atoms with van der Waals surface area (Å²) in [5.74, 6) is 0.310. The zero-order chi connectivity index (χ0) is 18.5. The lowest BCUT2D eigenvalue weighted by Crippen LogP contribution is -2.43. The van der Waals surface area contributed by atoms with Crippen LogP contribution in [0.5, 0.6) is 0 Å². The molecule has 1 aromatic carbocycles. The highest BCUT2D eigenvalue weighted by Gasteiger charge is 2.31. The highest BCUT2D eigenvalue weighted by atomic mass is 32.2. The maximum atomic E-state index is 12.5. The van der Waals surface area contributed by atoms with Gasteiger partial charge in [-0.3, -0.25) is 9.63 Å². The summed E-state index contributed by atoms with van der Waals surface area (Å²) < 4.78 is 25.1. The second-order valence-corrected chi connectivity index (χ2v) is 10.0. The molecule has 5 nitrogen and oxygen atoms in total. The number of hydroxylamine groups is 2. The Kier molecular flexibility index (Phi) is 6.63. The van der Waals surface area contributed by atoms with E-state index in [4.69, 9.17) is 4.84 Å². The van der Waals surface area contributed by atoms with E-state index in [9.17, 15) is 13.2 Å². The van der Waals surface area contributed by atoms with Crippen molar-refractivity contribution >= 4 is 16.2 Å². The minimum Gasteiger partial charge on any atom is -0.276 e. The molecule has 1 aromatic rings. The van der Waals surface area contributed by atoms with Crippen LogP contribution in [-0.2, 0) is 25.2 Å². The predicted octanol–water partition coefficient (Wildman–Crippen LogP) is 3.35. The third kappa shape index (κ3) is 6.78. The molecule has 1 aliphatic carbocycles. The average molecular weight is 368 g/mol. The van der Waals surface area contributed by atoms with Gasteiger partial charge in [0.2, 0.25) is 6.41 Å². The number of amides is 1. The van der Waals surface area contributed by atoms with Gasteiger partial charge in [0.1, 0.15) is 0 Å². The Hall–Kier alpha value is -1.40. The lowest BCUT2D eigenvalue weighted by atomic mass is 9.87. The molecule has 2 unspecified atom stereocenters. The van der Waals surface area contributed by atoms with Crippen molar-refractivity contribution in [2.24, 2.45) is 5.92 Å². The summed E-state index contributed by atoms with van der Waals surface area (Å²) in [5, 5.41) is 1.38. The van der Waals surface area contributed by atoms with Crippen LogP contribution >= 0.6 is 0 Å². The van der Waals surface area contributed by atoms with Crippen molar-refractivity contribution in [1.82, 2.24) is 5.06 Å².